The second-order valence-electron chi connectivity index (χ2n) is 24.2. The van der Waals surface area contributed by atoms with Gasteiger partial charge in [0.05, 0.1) is 18.6 Å². The van der Waals surface area contributed by atoms with Crippen LogP contribution >= 0.6 is 0 Å². The minimum absolute atomic E-state index is 0.000398. The molecule has 32 heteroatoms. The Labute approximate surface area is 566 Å². The van der Waals surface area contributed by atoms with Crippen molar-refractivity contribution in [3.63, 3.8) is 0 Å². The number of carbonyl (C=O) groups is 6. The number of para-hydroxylation sites is 1. The molecule has 3 aromatic heterocycles. The molecule has 0 saturated carbocycles. The van der Waals surface area contributed by atoms with E-state index in [0.717, 1.165) is 43.4 Å². The summed E-state index contributed by atoms with van der Waals surface area (Å²) in [5, 5.41) is 34.3. The van der Waals surface area contributed by atoms with Crippen molar-refractivity contribution in [2.75, 3.05) is 106 Å². The molecule has 6 heterocycles. The Kier molecular flexibility index (Phi) is 25.5. The topological polar surface area (TPSA) is 474 Å². The molecule has 3 saturated heterocycles. The summed E-state index contributed by atoms with van der Waals surface area (Å²) in [4.78, 5) is 99.5. The lowest BCUT2D eigenvalue weighted by Gasteiger charge is -2.36. The van der Waals surface area contributed by atoms with E-state index in [1.54, 1.807) is 60.7 Å². The zero-order valence-electron chi connectivity index (χ0n) is 55.1. The Morgan fingerprint density at radius 1 is 0.551 bits per heavy atom. The van der Waals surface area contributed by atoms with Gasteiger partial charge in [0.1, 0.15) is 63.7 Å². The number of likely N-dealkylation sites (tertiary alicyclic amines) is 2. The van der Waals surface area contributed by atoms with Gasteiger partial charge < -0.3 is 70.3 Å². The quantitative estimate of drug-likeness (QED) is 0.0111. The largest absolute Gasteiger partial charge is 0.423 e. The molecule has 6 aromatic rings. The van der Waals surface area contributed by atoms with Gasteiger partial charge in [-0.05, 0) is 162 Å². The van der Waals surface area contributed by atoms with Gasteiger partial charge in [0.2, 0.25) is 17.7 Å². The third-order valence-corrected chi connectivity index (χ3v) is 16.7. The molecule has 3 aliphatic rings. The number of unbranched alkanes of at least 4 members (excludes halogenated alkanes) is 1. The lowest BCUT2D eigenvalue weighted by atomic mass is 9.87. The molecule has 1 unspecified atom stereocenters. The smallest absolute Gasteiger partial charge is 0.328 e. The third kappa shape index (κ3) is 20.2. The zero-order valence-corrected chi connectivity index (χ0v) is 55.1. The van der Waals surface area contributed by atoms with Crippen LogP contribution in [0.5, 0.6) is 17.2 Å². The number of hydrogen-bond donors (Lipinski definition) is 10. The summed E-state index contributed by atoms with van der Waals surface area (Å²) >= 11 is 0. The highest BCUT2D eigenvalue weighted by atomic mass is 16.5. The van der Waals surface area contributed by atoms with E-state index in [9.17, 15) is 28.8 Å². The van der Waals surface area contributed by atoms with Crippen molar-refractivity contribution < 1.29 is 43.0 Å². The van der Waals surface area contributed by atoms with Crippen molar-refractivity contribution in [2.45, 2.75) is 101 Å². The summed E-state index contributed by atoms with van der Waals surface area (Å²) in [5.41, 5.74) is 44.6. The molecule has 3 fully saturated rings. The predicted molar refractivity (Wildman–Crippen MR) is 369 cm³/mol. The molecule has 98 heavy (non-hydrogen) atoms. The Morgan fingerprint density at radius 3 is 1.70 bits per heavy atom. The van der Waals surface area contributed by atoms with Crippen LogP contribution in [0.4, 0.5) is 69.0 Å². The first kappa shape index (κ1) is 72.1. The standard InChI is InChI=1S/C66H85N23O9/c1-39(69)63(92)78-56-24-19-47(61(72)76-56)83-81-45-17-14-40(36-88-30-32-89(33-31-88)38-59(91)96-52-13-5-4-11-44(52)80-82-46-20-25-57(77-62(46)73)79-64(93)43(70)10-6-8-27-67)34-54(45)98-66(95)51-21-15-42(37-87(51)3)41-16-22-53(97-65(94)50-12-7-9-29-86(50)2)49(35-41)85-84-48-18-23-55(75-60(48)71)74-58(90)26-28-68/h4-5,11,13-14,16-20,22-25,34-35,39,42-43,50-51H,6-10,12,15,21,26-33,36-38,67-70H2,1-3H3,(H3,71,74,75,90)(H3,72,76,78,92)(H3,73,77,79,93)/t39-,42?,43-,50-,51-/m0/s1. The van der Waals surface area contributed by atoms with Crippen LogP contribution in [0.2, 0.25) is 0 Å². The van der Waals surface area contributed by atoms with Gasteiger partial charge in [0.15, 0.2) is 34.7 Å². The number of ether oxygens (including phenoxy) is 3. The van der Waals surface area contributed by atoms with Gasteiger partial charge in [-0.1, -0.05) is 37.1 Å². The van der Waals surface area contributed by atoms with Crippen LogP contribution < -0.4 is 70.3 Å². The monoisotopic (exact) mass is 1340 g/mol. The van der Waals surface area contributed by atoms with E-state index in [1.165, 1.54) is 25.1 Å². The number of hydrogen-bond acceptors (Lipinski definition) is 29. The lowest BCUT2D eigenvalue weighted by molar-refractivity contribution is -0.142. The van der Waals surface area contributed by atoms with E-state index < -0.39 is 53.9 Å². The molecule has 9 rings (SSSR count). The number of pyridine rings is 3. The number of amides is 3. The SMILES string of the molecule is C[C@H](N)C(=O)Nc1ccc(N=Nc2ccc(CN3CCN(CC(=O)Oc4ccccc4N=Nc4ccc(NC(=O)[C@@H](N)CCCCN)nc4N)CC3)cc2OC(=O)[C@@H]2CCC(c3ccc(OC(=O)[C@@H]4CCCCN4C)c(N=Nc4ccc(NC(=O)CCN)nc4N)c3)CN2C)c(N)n1. The van der Waals surface area contributed by atoms with Gasteiger partial charge in [-0.15, -0.1) is 30.7 Å². The molecule has 5 atom stereocenters. The van der Waals surface area contributed by atoms with E-state index in [1.807, 2.05) is 47.0 Å². The van der Waals surface area contributed by atoms with Crippen LogP contribution in [0.25, 0.3) is 0 Å². The number of aromatic nitrogens is 3. The number of esters is 3. The van der Waals surface area contributed by atoms with Crippen molar-refractivity contribution in [3.05, 3.63) is 108 Å². The fourth-order valence-electron chi connectivity index (χ4n) is 11.2. The Hall–Kier alpha value is -10.2. The van der Waals surface area contributed by atoms with E-state index >= 15 is 0 Å². The van der Waals surface area contributed by atoms with E-state index in [0.29, 0.717) is 71.5 Å². The number of benzene rings is 3. The van der Waals surface area contributed by atoms with Crippen molar-refractivity contribution >= 4 is 105 Å². The number of nitrogen functional groups attached to an aromatic ring is 3. The first-order valence-electron chi connectivity index (χ1n) is 32.4. The maximum Gasteiger partial charge on any atom is 0.328 e. The maximum absolute atomic E-state index is 14.5. The summed E-state index contributed by atoms with van der Waals surface area (Å²) in [6.45, 7) is 6.12. The highest BCUT2D eigenvalue weighted by molar-refractivity contribution is 5.95. The number of nitrogens with zero attached hydrogens (tertiary/aromatic N) is 13. The summed E-state index contributed by atoms with van der Waals surface area (Å²) in [7, 11) is 3.74. The Morgan fingerprint density at radius 2 is 1.10 bits per heavy atom. The molecular weight excluding hydrogens is 1260 g/mol. The van der Waals surface area contributed by atoms with Crippen molar-refractivity contribution in [3.8, 4) is 17.2 Å². The Bertz CT molecular complexity index is 3920. The number of nitrogens with one attached hydrogen (secondary N) is 3. The summed E-state index contributed by atoms with van der Waals surface area (Å²) in [5.74, 6) is -1.54. The van der Waals surface area contributed by atoms with Crippen LogP contribution in [0.15, 0.2) is 128 Å². The summed E-state index contributed by atoms with van der Waals surface area (Å²) < 4.78 is 18.2. The van der Waals surface area contributed by atoms with E-state index in [-0.39, 0.29) is 118 Å². The molecule has 518 valence electrons. The van der Waals surface area contributed by atoms with Gasteiger partial charge in [-0.2, -0.15) is 0 Å². The number of anilines is 6. The number of azo groups is 3. The third-order valence-electron chi connectivity index (χ3n) is 16.7. The highest BCUT2D eigenvalue weighted by Gasteiger charge is 2.35. The first-order chi connectivity index (χ1) is 47.2. The van der Waals surface area contributed by atoms with Gasteiger partial charge >= 0.3 is 17.9 Å². The van der Waals surface area contributed by atoms with Gasteiger partial charge in [0, 0.05) is 52.2 Å². The zero-order chi connectivity index (χ0) is 69.8. The molecule has 32 nitrogen and oxygen atoms in total. The second kappa shape index (κ2) is 34.7. The fourth-order valence-corrected chi connectivity index (χ4v) is 11.2. The van der Waals surface area contributed by atoms with Crippen LogP contribution in [0, 0.1) is 0 Å². The molecule has 0 aliphatic carbocycles. The molecule has 3 aromatic carbocycles. The number of carbonyl (C=O) groups excluding carboxylic acids is 6. The molecule has 0 bridgehead atoms. The maximum atomic E-state index is 14.5. The van der Waals surface area contributed by atoms with Gasteiger partial charge in [-0.3, -0.25) is 38.8 Å². The normalized spacial score (nSPS) is 17.9. The minimum Gasteiger partial charge on any atom is -0.423 e. The predicted octanol–water partition coefficient (Wildman–Crippen LogP) is 6.73. The Balaban J connectivity index is 0.853. The fraction of sp³-hybridized carbons (Fsp3) is 0.409. The van der Waals surface area contributed by atoms with Crippen LogP contribution in [0.3, 0.4) is 0 Å². The van der Waals surface area contributed by atoms with E-state index in [2.05, 4.69) is 66.5 Å². The van der Waals surface area contributed by atoms with Crippen molar-refractivity contribution in [1.29, 1.82) is 0 Å². The number of piperazine rings is 1. The van der Waals surface area contributed by atoms with E-state index in [4.69, 9.17) is 54.3 Å². The number of likely N-dealkylation sites (N-methyl/N-ethyl adjacent to an activating group) is 2. The van der Waals surface area contributed by atoms with Gasteiger partial charge in [-0.25, -0.2) is 24.5 Å². The minimum atomic E-state index is -0.784. The van der Waals surface area contributed by atoms with Crippen LogP contribution in [0.1, 0.15) is 81.8 Å². The van der Waals surface area contributed by atoms with Gasteiger partial charge in [0.25, 0.3) is 0 Å². The average molecular weight is 1340 g/mol. The molecule has 0 spiro atoms. The molecule has 0 radical (unpaired) electrons. The molecule has 17 N–H and O–H groups in total. The number of piperidine rings is 2. The summed E-state index contributed by atoms with van der Waals surface area (Å²) in [6, 6.07) is 24.1. The number of rotatable bonds is 27. The number of nitrogens with two attached hydrogens (primary N) is 7. The molecule has 3 amide bonds. The van der Waals surface area contributed by atoms with Crippen LogP contribution in [-0.4, -0.2) is 167 Å². The molecular formula is C66H85N23O9. The summed E-state index contributed by atoms with van der Waals surface area (Å²) in [6.07, 6.45) is 5.55. The van der Waals surface area contributed by atoms with Crippen molar-refractivity contribution in [1.82, 2.24) is 34.6 Å². The average Bonchev–Trinajstić information content (AvgIpc) is 0.811. The molecule has 3 aliphatic heterocycles. The second-order valence-corrected chi connectivity index (χ2v) is 24.2. The van der Waals surface area contributed by atoms with Crippen LogP contribution in [-0.2, 0) is 35.3 Å². The van der Waals surface area contributed by atoms with Crippen molar-refractivity contribution in [2.24, 2.45) is 53.6 Å². The lowest BCUT2D eigenvalue weighted by Crippen LogP contribution is -2.48. The first-order valence-corrected chi connectivity index (χ1v) is 32.4. The highest BCUT2D eigenvalue weighted by Crippen LogP contribution is 2.40.